The van der Waals surface area contributed by atoms with E-state index in [1.165, 1.54) is 38.6 Å². The molecule has 2 unspecified atom stereocenters. The van der Waals surface area contributed by atoms with Gasteiger partial charge in [-0.3, -0.25) is 0 Å². The number of rotatable bonds is 0. The van der Waals surface area contributed by atoms with Gasteiger partial charge >= 0.3 is 0 Å². The van der Waals surface area contributed by atoms with Gasteiger partial charge in [-0.25, -0.2) is 0 Å². The Bertz CT molecular complexity index is 185. The Labute approximate surface area is 76.1 Å². The topological polar surface area (TPSA) is 3.24 Å². The van der Waals surface area contributed by atoms with Crippen LogP contribution in [-0.2, 0) is 0 Å². The van der Waals surface area contributed by atoms with Gasteiger partial charge in [-0.05, 0) is 45.2 Å². The lowest BCUT2D eigenvalue weighted by Gasteiger charge is -2.48. The summed E-state index contributed by atoms with van der Waals surface area (Å²) in [5, 5.41) is 0. The van der Waals surface area contributed by atoms with Crippen LogP contribution < -0.4 is 0 Å². The van der Waals surface area contributed by atoms with Crippen LogP contribution in [0.15, 0.2) is 0 Å². The van der Waals surface area contributed by atoms with E-state index in [4.69, 9.17) is 0 Å². The highest BCUT2D eigenvalue weighted by Crippen LogP contribution is 2.53. The average Bonchev–Trinajstić information content (AvgIpc) is 2.28. The van der Waals surface area contributed by atoms with Crippen molar-refractivity contribution in [2.75, 3.05) is 13.6 Å². The third-order valence-corrected chi connectivity index (χ3v) is 4.78. The first-order valence-corrected chi connectivity index (χ1v) is 5.30. The second-order valence-electron chi connectivity index (χ2n) is 5.21. The predicted molar refractivity (Wildman–Crippen MR) is 52.2 cm³/mol. The molecule has 0 aromatic heterocycles. The van der Waals surface area contributed by atoms with E-state index < -0.39 is 0 Å². The molecule has 2 fully saturated rings. The van der Waals surface area contributed by atoms with Crippen molar-refractivity contribution in [3.63, 3.8) is 0 Å². The Kier molecular flexibility index (Phi) is 1.76. The Morgan fingerprint density at radius 1 is 1.00 bits per heavy atom. The number of likely N-dealkylation sites (tertiary alicyclic amines) is 1. The summed E-state index contributed by atoms with van der Waals surface area (Å²) in [5.41, 5.74) is 1.14. The Balaban J connectivity index is 2.29. The second kappa shape index (κ2) is 2.47. The highest BCUT2D eigenvalue weighted by atomic mass is 15.2. The van der Waals surface area contributed by atoms with E-state index in [1.54, 1.807) is 0 Å². The van der Waals surface area contributed by atoms with Crippen molar-refractivity contribution in [1.82, 2.24) is 4.90 Å². The smallest absolute Gasteiger partial charge is 0.0232 e. The first kappa shape index (κ1) is 8.55. The molecule has 70 valence electrons. The molecule has 1 nitrogen and oxygen atoms in total. The molecular weight excluding hydrogens is 146 g/mol. The zero-order chi connectivity index (χ0) is 8.82. The van der Waals surface area contributed by atoms with Crippen LogP contribution in [0.3, 0.4) is 0 Å². The van der Waals surface area contributed by atoms with Crippen molar-refractivity contribution in [3.8, 4) is 0 Å². The highest BCUT2D eigenvalue weighted by molar-refractivity contribution is 5.07. The minimum atomic E-state index is 0.519. The molecule has 0 spiro atoms. The van der Waals surface area contributed by atoms with Gasteiger partial charge in [0.15, 0.2) is 0 Å². The van der Waals surface area contributed by atoms with E-state index >= 15 is 0 Å². The van der Waals surface area contributed by atoms with E-state index in [9.17, 15) is 0 Å². The summed E-state index contributed by atoms with van der Waals surface area (Å²) in [7, 11) is 2.30. The molecule has 2 atom stereocenters. The van der Waals surface area contributed by atoms with Crippen LogP contribution >= 0.6 is 0 Å². The van der Waals surface area contributed by atoms with Crippen LogP contribution in [0.2, 0.25) is 0 Å². The van der Waals surface area contributed by atoms with Crippen molar-refractivity contribution in [2.24, 2.45) is 5.41 Å². The van der Waals surface area contributed by atoms with Gasteiger partial charge in [0.25, 0.3) is 0 Å². The molecule has 1 heterocycles. The largest absolute Gasteiger partial charge is 0.300 e. The fourth-order valence-electron chi connectivity index (χ4n) is 3.26. The van der Waals surface area contributed by atoms with Crippen LogP contribution in [0.1, 0.15) is 46.0 Å². The summed E-state index contributed by atoms with van der Waals surface area (Å²) >= 11 is 0. The summed E-state index contributed by atoms with van der Waals surface area (Å²) in [6, 6.07) is 0. The molecule has 1 aliphatic carbocycles. The van der Waals surface area contributed by atoms with E-state index in [0.717, 1.165) is 0 Å². The van der Waals surface area contributed by atoms with E-state index in [0.29, 0.717) is 11.0 Å². The van der Waals surface area contributed by atoms with Crippen molar-refractivity contribution in [3.05, 3.63) is 0 Å². The van der Waals surface area contributed by atoms with Crippen LogP contribution in [0.5, 0.6) is 0 Å². The van der Waals surface area contributed by atoms with Gasteiger partial charge in [0, 0.05) is 5.54 Å². The lowest BCUT2D eigenvalue weighted by atomic mass is 9.63. The molecule has 12 heavy (non-hydrogen) atoms. The lowest BCUT2D eigenvalue weighted by Crippen LogP contribution is -2.50. The first-order valence-electron chi connectivity index (χ1n) is 5.30. The Morgan fingerprint density at radius 2 is 1.67 bits per heavy atom. The van der Waals surface area contributed by atoms with Crippen LogP contribution in [0.4, 0.5) is 0 Å². The molecule has 0 aromatic rings. The van der Waals surface area contributed by atoms with Crippen molar-refractivity contribution < 1.29 is 0 Å². The average molecular weight is 167 g/mol. The van der Waals surface area contributed by atoms with Gasteiger partial charge in [-0.2, -0.15) is 0 Å². The van der Waals surface area contributed by atoms with Gasteiger partial charge in [-0.15, -0.1) is 0 Å². The maximum atomic E-state index is 2.59. The Hall–Kier alpha value is -0.0400. The second-order valence-corrected chi connectivity index (χ2v) is 5.21. The van der Waals surface area contributed by atoms with Gasteiger partial charge in [0.05, 0.1) is 0 Å². The zero-order valence-corrected chi connectivity index (χ0v) is 8.69. The highest BCUT2D eigenvalue weighted by Gasteiger charge is 2.52. The summed E-state index contributed by atoms with van der Waals surface area (Å²) < 4.78 is 0. The molecule has 1 aliphatic heterocycles. The number of nitrogens with zero attached hydrogens (tertiary/aromatic N) is 1. The number of hydrogen-bond donors (Lipinski definition) is 0. The normalized spacial score (nSPS) is 49.2. The molecule has 1 heteroatoms. The number of fused-ring (bicyclic) bond motifs is 1. The van der Waals surface area contributed by atoms with Crippen LogP contribution in [-0.4, -0.2) is 24.0 Å². The van der Waals surface area contributed by atoms with Crippen molar-refractivity contribution in [2.45, 2.75) is 51.5 Å². The predicted octanol–water partition coefficient (Wildman–Crippen LogP) is 2.66. The minimum absolute atomic E-state index is 0.519. The van der Waals surface area contributed by atoms with E-state index in [-0.39, 0.29) is 0 Å². The molecule has 2 aliphatic rings. The molecule has 0 aromatic carbocycles. The molecule has 2 rings (SSSR count). The van der Waals surface area contributed by atoms with Crippen molar-refractivity contribution in [1.29, 1.82) is 0 Å². The first-order chi connectivity index (χ1) is 5.58. The van der Waals surface area contributed by atoms with Gasteiger partial charge in [0.2, 0.25) is 0 Å². The summed E-state index contributed by atoms with van der Waals surface area (Å²) in [6.07, 6.45) is 7.18. The maximum absolute atomic E-state index is 2.59. The fraction of sp³-hybridized carbons (Fsp3) is 1.00. The molecule has 1 saturated heterocycles. The monoisotopic (exact) mass is 167 g/mol. The third-order valence-electron chi connectivity index (χ3n) is 4.78. The van der Waals surface area contributed by atoms with Gasteiger partial charge in [0.1, 0.15) is 0 Å². The fourth-order valence-corrected chi connectivity index (χ4v) is 3.26. The minimum Gasteiger partial charge on any atom is -0.300 e. The molecule has 0 bridgehead atoms. The Morgan fingerprint density at radius 3 is 2.33 bits per heavy atom. The molecule has 0 radical (unpaired) electrons. The summed E-state index contributed by atoms with van der Waals surface area (Å²) in [5.74, 6) is 0. The van der Waals surface area contributed by atoms with Crippen molar-refractivity contribution >= 4 is 0 Å². The quantitative estimate of drug-likeness (QED) is 0.536. The SMILES string of the molecule is CN1CCC2(C)CCCCC12C. The van der Waals surface area contributed by atoms with Gasteiger partial charge in [-0.1, -0.05) is 19.8 Å². The standard InChI is InChI=1S/C11H21N/c1-10-6-4-5-7-11(10,2)12(3)9-8-10/h4-9H2,1-3H3. The van der Waals surface area contributed by atoms with E-state index in [1.807, 2.05) is 0 Å². The number of hydrogen-bond acceptors (Lipinski definition) is 1. The van der Waals surface area contributed by atoms with E-state index in [2.05, 4.69) is 25.8 Å². The molecular formula is C11H21N. The van der Waals surface area contributed by atoms with Crippen LogP contribution in [0, 0.1) is 5.41 Å². The zero-order valence-electron chi connectivity index (χ0n) is 8.69. The van der Waals surface area contributed by atoms with Crippen LogP contribution in [0.25, 0.3) is 0 Å². The van der Waals surface area contributed by atoms with Gasteiger partial charge < -0.3 is 4.90 Å². The lowest BCUT2D eigenvalue weighted by molar-refractivity contribution is 0.0364. The molecule has 1 saturated carbocycles. The molecule has 0 N–H and O–H groups in total. The molecule has 0 amide bonds. The maximum Gasteiger partial charge on any atom is 0.0232 e. The summed E-state index contributed by atoms with van der Waals surface area (Å²) in [6.45, 7) is 6.28. The summed E-state index contributed by atoms with van der Waals surface area (Å²) in [4.78, 5) is 2.59. The third kappa shape index (κ3) is 0.891.